The zero-order valence-corrected chi connectivity index (χ0v) is 10.6. The molecule has 0 aliphatic carbocycles. The van der Waals surface area contributed by atoms with Crippen LogP contribution in [-0.4, -0.2) is 20.3 Å². The summed E-state index contributed by atoms with van der Waals surface area (Å²) in [7, 11) is 0. The van der Waals surface area contributed by atoms with Gasteiger partial charge < -0.3 is 5.73 Å². The third-order valence-corrected chi connectivity index (χ3v) is 3.70. The second-order valence-electron chi connectivity index (χ2n) is 3.61. The van der Waals surface area contributed by atoms with Crippen molar-refractivity contribution in [3.05, 3.63) is 40.6 Å². The van der Waals surface area contributed by atoms with Crippen LogP contribution < -0.4 is 5.73 Å². The Kier molecular flexibility index (Phi) is 2.53. The standard InChI is InChI=1S/C11H7ClN4OS/c12-6-1-2-9-14-3-7(16(9)5-6)11-15-4-8(18-11)10(13)17/h1-5H,(H2,13,17). The highest BCUT2D eigenvalue weighted by atomic mass is 35.5. The fourth-order valence-electron chi connectivity index (χ4n) is 1.62. The van der Waals surface area contributed by atoms with Gasteiger partial charge in [-0.25, -0.2) is 9.97 Å². The molecule has 3 aromatic rings. The molecule has 1 amide bonds. The van der Waals surface area contributed by atoms with Crippen LogP contribution >= 0.6 is 22.9 Å². The van der Waals surface area contributed by atoms with Crippen molar-refractivity contribution in [1.82, 2.24) is 14.4 Å². The predicted octanol–water partition coefficient (Wildman–Crippen LogP) is 2.21. The smallest absolute Gasteiger partial charge is 0.260 e. The molecule has 0 aromatic carbocycles. The number of nitrogens with zero attached hydrogens (tertiary/aromatic N) is 3. The lowest BCUT2D eigenvalue weighted by Gasteiger charge is -1.98. The van der Waals surface area contributed by atoms with Gasteiger partial charge in [-0.15, -0.1) is 11.3 Å². The first kappa shape index (κ1) is 11.2. The topological polar surface area (TPSA) is 73.3 Å². The highest BCUT2D eigenvalue weighted by molar-refractivity contribution is 7.16. The summed E-state index contributed by atoms with van der Waals surface area (Å²) in [5.41, 5.74) is 6.76. The number of carbonyl (C=O) groups is 1. The minimum absolute atomic E-state index is 0.418. The number of nitrogens with two attached hydrogens (primary N) is 1. The van der Waals surface area contributed by atoms with Crippen molar-refractivity contribution < 1.29 is 4.79 Å². The van der Waals surface area contributed by atoms with Gasteiger partial charge in [0.1, 0.15) is 21.2 Å². The number of carbonyl (C=O) groups excluding carboxylic acids is 1. The van der Waals surface area contributed by atoms with E-state index >= 15 is 0 Å². The number of rotatable bonds is 2. The Bertz CT molecular complexity index is 748. The maximum atomic E-state index is 11.1. The monoisotopic (exact) mass is 278 g/mol. The molecule has 3 aromatic heterocycles. The van der Waals surface area contributed by atoms with Crippen molar-refractivity contribution in [2.24, 2.45) is 5.73 Å². The van der Waals surface area contributed by atoms with Gasteiger partial charge in [0.2, 0.25) is 0 Å². The molecule has 5 nitrogen and oxygen atoms in total. The molecule has 2 N–H and O–H groups in total. The normalized spacial score (nSPS) is 10.9. The summed E-state index contributed by atoms with van der Waals surface area (Å²) in [4.78, 5) is 19.9. The van der Waals surface area contributed by atoms with Crippen LogP contribution in [0.3, 0.4) is 0 Å². The number of thiazole rings is 1. The van der Waals surface area contributed by atoms with E-state index in [0.717, 1.165) is 11.3 Å². The molecule has 0 spiro atoms. The van der Waals surface area contributed by atoms with E-state index in [1.54, 1.807) is 18.5 Å². The largest absolute Gasteiger partial charge is 0.365 e. The van der Waals surface area contributed by atoms with E-state index in [-0.39, 0.29) is 0 Å². The number of imidazole rings is 1. The fraction of sp³-hybridized carbons (Fsp3) is 0. The van der Waals surface area contributed by atoms with Crippen LogP contribution in [0.15, 0.2) is 30.7 Å². The number of hydrogen-bond acceptors (Lipinski definition) is 4. The van der Waals surface area contributed by atoms with Gasteiger partial charge in [0.05, 0.1) is 17.4 Å². The van der Waals surface area contributed by atoms with E-state index in [9.17, 15) is 4.79 Å². The maximum Gasteiger partial charge on any atom is 0.260 e. The van der Waals surface area contributed by atoms with Crippen molar-refractivity contribution in [3.8, 4) is 10.7 Å². The molecule has 0 atom stereocenters. The van der Waals surface area contributed by atoms with Gasteiger partial charge in [-0.3, -0.25) is 9.20 Å². The van der Waals surface area contributed by atoms with Gasteiger partial charge in [-0.05, 0) is 12.1 Å². The number of hydrogen-bond donors (Lipinski definition) is 1. The molecule has 0 unspecified atom stereocenters. The van der Waals surface area contributed by atoms with Crippen LogP contribution in [0.1, 0.15) is 9.67 Å². The quantitative estimate of drug-likeness (QED) is 0.781. The molecule has 0 aliphatic rings. The van der Waals surface area contributed by atoms with Crippen LogP contribution in [0.2, 0.25) is 5.02 Å². The molecule has 3 rings (SSSR count). The number of halogens is 1. The molecule has 0 fully saturated rings. The van der Waals surface area contributed by atoms with Gasteiger partial charge in [-0.1, -0.05) is 11.6 Å². The summed E-state index contributed by atoms with van der Waals surface area (Å²) < 4.78 is 1.83. The van der Waals surface area contributed by atoms with Gasteiger partial charge >= 0.3 is 0 Å². The molecule has 0 aliphatic heterocycles. The summed E-state index contributed by atoms with van der Waals surface area (Å²) in [6, 6.07) is 3.58. The molecule has 90 valence electrons. The molecule has 0 saturated heterocycles. The number of amides is 1. The molecule has 0 bridgehead atoms. The van der Waals surface area contributed by atoms with E-state index < -0.39 is 5.91 Å². The first-order chi connectivity index (χ1) is 8.65. The SMILES string of the molecule is NC(=O)c1cnc(-c2cnc3ccc(Cl)cn23)s1. The van der Waals surface area contributed by atoms with E-state index in [1.165, 1.54) is 17.5 Å². The Labute approximate surface area is 111 Å². The summed E-state index contributed by atoms with van der Waals surface area (Å²) in [5, 5.41) is 1.28. The molecular formula is C11H7ClN4OS. The minimum atomic E-state index is -0.481. The highest BCUT2D eigenvalue weighted by Crippen LogP contribution is 2.26. The third kappa shape index (κ3) is 1.75. The maximum absolute atomic E-state index is 11.1. The highest BCUT2D eigenvalue weighted by Gasteiger charge is 2.12. The second-order valence-corrected chi connectivity index (χ2v) is 5.08. The Morgan fingerprint density at radius 1 is 1.33 bits per heavy atom. The fourth-order valence-corrected chi connectivity index (χ4v) is 2.56. The van der Waals surface area contributed by atoms with Crippen LogP contribution in [0.4, 0.5) is 0 Å². The van der Waals surface area contributed by atoms with Crippen LogP contribution in [0, 0.1) is 0 Å². The average molecular weight is 279 g/mol. The van der Waals surface area contributed by atoms with Gasteiger partial charge in [0, 0.05) is 6.20 Å². The number of fused-ring (bicyclic) bond motifs is 1. The van der Waals surface area contributed by atoms with Crippen molar-refractivity contribution in [3.63, 3.8) is 0 Å². The average Bonchev–Trinajstić information content (AvgIpc) is 2.93. The van der Waals surface area contributed by atoms with Crippen LogP contribution in [0.5, 0.6) is 0 Å². The Hall–Kier alpha value is -1.92. The van der Waals surface area contributed by atoms with Crippen LogP contribution in [-0.2, 0) is 0 Å². The Morgan fingerprint density at radius 3 is 2.89 bits per heavy atom. The lowest BCUT2D eigenvalue weighted by atomic mass is 10.4. The summed E-state index contributed by atoms with van der Waals surface area (Å²) in [6.07, 6.45) is 4.91. The minimum Gasteiger partial charge on any atom is -0.365 e. The molecule has 18 heavy (non-hydrogen) atoms. The van der Waals surface area contributed by atoms with Crippen molar-refractivity contribution >= 4 is 34.5 Å². The zero-order valence-electron chi connectivity index (χ0n) is 9.00. The lowest BCUT2D eigenvalue weighted by molar-refractivity contribution is 0.100. The van der Waals surface area contributed by atoms with E-state index in [1.807, 2.05) is 10.5 Å². The zero-order chi connectivity index (χ0) is 12.7. The van der Waals surface area contributed by atoms with E-state index in [2.05, 4.69) is 9.97 Å². The summed E-state index contributed by atoms with van der Waals surface area (Å²) in [6.45, 7) is 0. The van der Waals surface area contributed by atoms with Gasteiger partial charge in [-0.2, -0.15) is 0 Å². The molecule has 0 radical (unpaired) electrons. The summed E-state index contributed by atoms with van der Waals surface area (Å²) in [5.74, 6) is -0.481. The summed E-state index contributed by atoms with van der Waals surface area (Å²) >= 11 is 7.18. The van der Waals surface area contributed by atoms with Crippen molar-refractivity contribution in [1.29, 1.82) is 0 Å². The third-order valence-electron chi connectivity index (χ3n) is 2.44. The Balaban J connectivity index is 2.18. The Morgan fingerprint density at radius 2 is 2.17 bits per heavy atom. The van der Waals surface area contributed by atoms with Crippen LogP contribution in [0.25, 0.3) is 16.3 Å². The predicted molar refractivity (Wildman–Crippen MR) is 69.8 cm³/mol. The van der Waals surface area contributed by atoms with E-state index in [4.69, 9.17) is 17.3 Å². The van der Waals surface area contributed by atoms with Gasteiger partial charge in [0.25, 0.3) is 5.91 Å². The molecular weight excluding hydrogens is 272 g/mol. The van der Waals surface area contributed by atoms with Crippen molar-refractivity contribution in [2.75, 3.05) is 0 Å². The molecule has 0 saturated carbocycles. The molecule has 7 heteroatoms. The first-order valence-electron chi connectivity index (χ1n) is 5.04. The number of aromatic nitrogens is 3. The number of pyridine rings is 1. The number of primary amides is 1. The lowest BCUT2D eigenvalue weighted by Crippen LogP contribution is -2.08. The van der Waals surface area contributed by atoms with Crippen molar-refractivity contribution in [2.45, 2.75) is 0 Å². The first-order valence-corrected chi connectivity index (χ1v) is 6.23. The van der Waals surface area contributed by atoms with Gasteiger partial charge in [0.15, 0.2) is 0 Å². The molecule has 3 heterocycles. The van der Waals surface area contributed by atoms with E-state index in [0.29, 0.717) is 14.9 Å². The second kappa shape index (κ2) is 4.08.